The van der Waals surface area contributed by atoms with Gasteiger partial charge in [0.2, 0.25) is 5.91 Å². The number of rotatable bonds is 8. The molecule has 0 aliphatic carbocycles. The number of hydrogen-bond donors (Lipinski definition) is 2. The molecule has 2 aromatic rings. The molecule has 1 fully saturated rings. The average molecular weight is 456 g/mol. The van der Waals surface area contributed by atoms with Gasteiger partial charge in [0.05, 0.1) is 11.3 Å². The van der Waals surface area contributed by atoms with Gasteiger partial charge in [0, 0.05) is 29.2 Å². The van der Waals surface area contributed by atoms with Crippen LogP contribution in [0.15, 0.2) is 70.8 Å². The van der Waals surface area contributed by atoms with Crippen LogP contribution < -0.4 is 0 Å². The minimum atomic E-state index is -1.10. The molecule has 1 unspecified atom stereocenters. The molecule has 2 N–H and O–H groups in total. The lowest BCUT2D eigenvalue weighted by Crippen LogP contribution is -2.62. The number of β-lactam (4-membered cyclic amide) rings is 1. The molecule has 8 heteroatoms. The minimum absolute atomic E-state index is 0.0689. The third kappa shape index (κ3) is 4.65. The maximum Gasteiger partial charge on any atom is 0.352 e. The van der Waals surface area contributed by atoms with Crippen LogP contribution in [0.3, 0.4) is 0 Å². The molecule has 2 aromatic carbocycles. The highest BCUT2D eigenvalue weighted by atomic mass is 32.2. The Labute approximate surface area is 188 Å². The molecular weight excluding hydrogens is 434 g/mol. The highest BCUT2D eigenvalue weighted by Gasteiger charge is 2.53. The van der Waals surface area contributed by atoms with E-state index in [-0.39, 0.29) is 41.4 Å². The van der Waals surface area contributed by atoms with Crippen molar-refractivity contribution in [3.8, 4) is 5.75 Å². The van der Waals surface area contributed by atoms with Gasteiger partial charge >= 0.3 is 5.97 Å². The van der Waals surface area contributed by atoms with Gasteiger partial charge in [0.15, 0.2) is 0 Å². The van der Waals surface area contributed by atoms with Gasteiger partial charge in [-0.1, -0.05) is 30.3 Å². The molecule has 4 rings (SSSR count). The van der Waals surface area contributed by atoms with Crippen LogP contribution in [0.25, 0.3) is 0 Å². The Morgan fingerprint density at radius 1 is 1.10 bits per heavy atom. The van der Waals surface area contributed by atoms with E-state index in [2.05, 4.69) is 0 Å². The fourth-order valence-corrected chi connectivity index (χ4v) is 6.25. The number of carbonyl (C=O) groups is 3. The second-order valence-corrected chi connectivity index (χ2v) is 9.62. The van der Waals surface area contributed by atoms with E-state index in [0.29, 0.717) is 11.5 Å². The Kier molecular flexibility index (Phi) is 6.38. The summed E-state index contributed by atoms with van der Waals surface area (Å²) in [6.07, 6.45) is 0.275. The summed E-state index contributed by atoms with van der Waals surface area (Å²) in [5, 5.41) is 18.8. The van der Waals surface area contributed by atoms with Gasteiger partial charge in [0.1, 0.15) is 17.2 Å². The van der Waals surface area contributed by atoms with Gasteiger partial charge in [0.25, 0.3) is 0 Å². The SMILES string of the molecule is O=C(Cc1ccc(O)cc1)C[C@@H]1C(=O)N2C(C(=O)O)=C(CSc3ccccc3)CSC12. The van der Waals surface area contributed by atoms with Crippen LogP contribution in [-0.2, 0) is 20.8 Å². The van der Waals surface area contributed by atoms with E-state index in [1.54, 1.807) is 23.9 Å². The van der Waals surface area contributed by atoms with E-state index in [1.165, 1.54) is 28.8 Å². The Hall–Kier alpha value is -2.71. The lowest BCUT2D eigenvalue weighted by molar-refractivity contribution is -0.153. The molecule has 0 spiro atoms. The van der Waals surface area contributed by atoms with Crippen molar-refractivity contribution >= 4 is 41.2 Å². The van der Waals surface area contributed by atoms with Crippen LogP contribution in [0.4, 0.5) is 0 Å². The number of aromatic hydroxyl groups is 1. The Balaban J connectivity index is 1.42. The number of carbonyl (C=O) groups excluding carboxylic acids is 2. The number of fused-ring (bicyclic) bond motifs is 1. The molecule has 2 atom stereocenters. The summed E-state index contributed by atoms with van der Waals surface area (Å²) in [7, 11) is 0. The first-order chi connectivity index (χ1) is 14.9. The number of carboxylic acids is 1. The van der Waals surface area contributed by atoms with Crippen molar-refractivity contribution in [2.45, 2.75) is 23.1 Å². The topological polar surface area (TPSA) is 94.9 Å². The van der Waals surface area contributed by atoms with E-state index in [9.17, 15) is 24.6 Å². The van der Waals surface area contributed by atoms with Crippen molar-refractivity contribution in [1.29, 1.82) is 0 Å². The first-order valence-corrected chi connectivity index (χ1v) is 11.8. The van der Waals surface area contributed by atoms with Crippen LogP contribution in [0.1, 0.15) is 12.0 Å². The normalized spacial score (nSPS) is 20.3. The lowest BCUT2D eigenvalue weighted by Gasteiger charge is -2.49. The molecule has 2 aliphatic rings. The Bertz CT molecular complexity index is 1040. The summed E-state index contributed by atoms with van der Waals surface area (Å²) in [5.74, 6) is -0.804. The molecule has 6 nitrogen and oxygen atoms in total. The summed E-state index contributed by atoms with van der Waals surface area (Å²) in [4.78, 5) is 39.6. The van der Waals surface area contributed by atoms with Crippen LogP contribution in [0.5, 0.6) is 5.75 Å². The first-order valence-electron chi connectivity index (χ1n) is 9.81. The van der Waals surface area contributed by atoms with Gasteiger partial charge in [-0.25, -0.2) is 4.79 Å². The number of ketones is 1. The number of phenolic OH excluding ortho intramolecular Hbond substituents is 1. The van der Waals surface area contributed by atoms with Crippen molar-refractivity contribution < 1.29 is 24.6 Å². The highest BCUT2D eigenvalue weighted by molar-refractivity contribution is 8.01. The highest BCUT2D eigenvalue weighted by Crippen LogP contribution is 2.46. The molecule has 0 radical (unpaired) electrons. The molecule has 2 aliphatic heterocycles. The van der Waals surface area contributed by atoms with Crippen LogP contribution >= 0.6 is 23.5 Å². The van der Waals surface area contributed by atoms with E-state index in [1.807, 2.05) is 30.3 Å². The van der Waals surface area contributed by atoms with Crippen molar-refractivity contribution in [3.63, 3.8) is 0 Å². The standard InChI is InChI=1S/C23H21NO5S2/c25-16-8-6-14(7-9-16)10-17(26)11-19-21(27)24-20(23(28)29)15(13-31-22(19)24)12-30-18-4-2-1-3-5-18/h1-9,19,22,25H,10-13H2,(H,28,29)/t19-,22?/m1/s1. The van der Waals surface area contributed by atoms with Gasteiger partial charge in [-0.2, -0.15) is 0 Å². The molecule has 0 saturated carbocycles. The molecule has 31 heavy (non-hydrogen) atoms. The number of nitrogens with zero attached hydrogens (tertiary/aromatic N) is 1. The zero-order valence-electron chi connectivity index (χ0n) is 16.6. The second kappa shape index (κ2) is 9.20. The Morgan fingerprint density at radius 2 is 1.81 bits per heavy atom. The molecule has 1 amide bonds. The summed E-state index contributed by atoms with van der Waals surface area (Å²) >= 11 is 3.07. The van der Waals surface area contributed by atoms with Gasteiger partial charge in [-0.05, 0) is 35.4 Å². The predicted octanol–water partition coefficient (Wildman–Crippen LogP) is 3.56. The average Bonchev–Trinajstić information content (AvgIpc) is 2.77. The van der Waals surface area contributed by atoms with Crippen LogP contribution in [-0.4, -0.2) is 49.7 Å². The largest absolute Gasteiger partial charge is 0.508 e. The van der Waals surface area contributed by atoms with E-state index in [4.69, 9.17) is 0 Å². The third-order valence-corrected chi connectivity index (χ3v) is 7.80. The van der Waals surface area contributed by atoms with E-state index in [0.717, 1.165) is 16.0 Å². The molecule has 0 bridgehead atoms. The third-order valence-electron chi connectivity index (χ3n) is 5.30. The van der Waals surface area contributed by atoms with Crippen molar-refractivity contribution in [3.05, 3.63) is 71.4 Å². The summed E-state index contributed by atoms with van der Waals surface area (Å²) in [5.41, 5.74) is 1.57. The van der Waals surface area contributed by atoms with E-state index < -0.39 is 11.9 Å². The van der Waals surface area contributed by atoms with E-state index >= 15 is 0 Å². The van der Waals surface area contributed by atoms with Crippen molar-refractivity contribution in [2.24, 2.45) is 5.92 Å². The zero-order valence-corrected chi connectivity index (χ0v) is 18.2. The number of aliphatic carboxylic acids is 1. The number of hydrogen-bond acceptors (Lipinski definition) is 6. The number of benzene rings is 2. The fraction of sp³-hybridized carbons (Fsp3) is 0.261. The molecule has 160 valence electrons. The van der Waals surface area contributed by atoms with Gasteiger partial charge in [-0.3, -0.25) is 14.5 Å². The number of phenols is 1. The number of carboxylic acid groups (broad SMARTS) is 1. The molecule has 1 saturated heterocycles. The first kappa shape index (κ1) is 21.5. The molecular formula is C23H21NO5S2. The second-order valence-electron chi connectivity index (χ2n) is 7.46. The quantitative estimate of drug-likeness (QED) is 0.464. The van der Waals surface area contributed by atoms with Gasteiger partial charge < -0.3 is 10.2 Å². The van der Waals surface area contributed by atoms with Crippen molar-refractivity contribution in [1.82, 2.24) is 4.90 Å². The summed E-state index contributed by atoms with van der Waals surface area (Å²) in [6.45, 7) is 0. The van der Waals surface area contributed by atoms with Crippen LogP contribution in [0.2, 0.25) is 0 Å². The fourth-order valence-electron chi connectivity index (χ4n) is 3.78. The predicted molar refractivity (Wildman–Crippen MR) is 120 cm³/mol. The van der Waals surface area contributed by atoms with Crippen LogP contribution in [0, 0.1) is 5.92 Å². The summed E-state index contributed by atoms with van der Waals surface area (Å²) < 4.78 is 0. The monoisotopic (exact) mass is 455 g/mol. The number of Topliss-reactive ketones (excluding diaryl/α,β-unsaturated/α-hetero) is 1. The zero-order chi connectivity index (χ0) is 22.0. The molecule has 2 heterocycles. The maximum atomic E-state index is 12.8. The minimum Gasteiger partial charge on any atom is -0.508 e. The smallest absolute Gasteiger partial charge is 0.352 e. The van der Waals surface area contributed by atoms with Crippen molar-refractivity contribution in [2.75, 3.05) is 11.5 Å². The van der Waals surface area contributed by atoms with Gasteiger partial charge in [-0.15, -0.1) is 23.5 Å². The lowest BCUT2D eigenvalue weighted by atomic mass is 9.89. The Morgan fingerprint density at radius 3 is 2.48 bits per heavy atom. The number of amides is 1. The summed E-state index contributed by atoms with van der Waals surface area (Å²) in [6, 6.07) is 16.1. The molecule has 0 aromatic heterocycles. The maximum absolute atomic E-state index is 12.8. The number of thioether (sulfide) groups is 2.